The van der Waals surface area contributed by atoms with Crippen molar-refractivity contribution in [3.63, 3.8) is 0 Å². The van der Waals surface area contributed by atoms with Crippen molar-refractivity contribution >= 4 is 23.8 Å². The van der Waals surface area contributed by atoms with Gasteiger partial charge in [-0.05, 0) is 12.8 Å². The van der Waals surface area contributed by atoms with Crippen LogP contribution in [0.1, 0.15) is 25.7 Å². The number of ether oxygens (including phenoxy) is 1. The zero-order chi connectivity index (χ0) is 19.7. The number of fused-ring (bicyclic) bond motifs is 1. The molecule has 0 spiro atoms. The third-order valence-corrected chi connectivity index (χ3v) is 5.95. The van der Waals surface area contributed by atoms with Crippen LogP contribution >= 0.6 is 11.8 Å². The smallest absolute Gasteiger partial charge is 0.315 e. The molecule has 0 unspecified atom stereocenters. The Hall–Kier alpha value is -2.04. The van der Waals surface area contributed by atoms with E-state index in [0.717, 1.165) is 5.75 Å². The largest absolute Gasteiger partial charge is 0.420 e. The average molecular weight is 410 g/mol. The van der Waals surface area contributed by atoms with E-state index < -0.39 is 40.8 Å². The summed E-state index contributed by atoms with van der Waals surface area (Å²) in [5, 5.41) is 5.81. The van der Waals surface area contributed by atoms with Gasteiger partial charge >= 0.3 is 12.0 Å². The Balaban J connectivity index is 1.48. The van der Waals surface area contributed by atoms with Crippen LogP contribution in [0.4, 0.5) is 26.7 Å². The molecule has 0 radical (unpaired) electrons. The average Bonchev–Trinajstić information content (AvgIpc) is 3.18. The highest BCUT2D eigenvalue weighted by molar-refractivity contribution is 8.00. The van der Waals surface area contributed by atoms with Gasteiger partial charge in [0.2, 0.25) is 34.8 Å². The molecule has 3 rings (SSSR count). The molecule has 27 heavy (non-hydrogen) atoms. The maximum Gasteiger partial charge on any atom is 0.315 e. The Labute approximate surface area is 155 Å². The molecule has 1 aromatic carbocycles. The SMILES string of the molecule is O=C1N[C@@H]2[C@@H](CS[C@@H]2CCCCC(=O)Oc2c(F)c(F)c(F)c(F)c2F)N1. The van der Waals surface area contributed by atoms with Crippen LogP contribution in [-0.2, 0) is 4.79 Å². The lowest BCUT2D eigenvalue weighted by atomic mass is 10.0. The first-order chi connectivity index (χ1) is 12.8. The zero-order valence-electron chi connectivity index (χ0n) is 13.8. The Kier molecular flexibility index (Phi) is 5.78. The minimum atomic E-state index is -2.31. The second-order valence-electron chi connectivity index (χ2n) is 6.24. The summed E-state index contributed by atoms with van der Waals surface area (Å²) in [6.07, 6.45) is 1.34. The summed E-state index contributed by atoms with van der Waals surface area (Å²) in [5.74, 6) is -12.9. The number of thioether (sulfide) groups is 1. The molecule has 0 aromatic heterocycles. The number of unbranched alkanes of at least 4 members (excludes halogenated alkanes) is 1. The molecule has 11 heteroatoms. The first-order valence-corrected chi connectivity index (χ1v) is 9.25. The molecule has 2 fully saturated rings. The van der Waals surface area contributed by atoms with Gasteiger partial charge in [0.25, 0.3) is 0 Å². The summed E-state index contributed by atoms with van der Waals surface area (Å²) in [5.41, 5.74) is 0. The Morgan fingerprint density at radius 1 is 1.00 bits per heavy atom. The number of esters is 1. The van der Waals surface area contributed by atoms with Crippen molar-refractivity contribution in [1.29, 1.82) is 0 Å². The Bertz CT molecular complexity index is 750. The molecule has 0 bridgehead atoms. The number of rotatable bonds is 6. The third kappa shape index (κ3) is 3.97. The quantitative estimate of drug-likeness (QED) is 0.144. The van der Waals surface area contributed by atoms with Crippen LogP contribution in [-0.4, -0.2) is 35.1 Å². The van der Waals surface area contributed by atoms with Gasteiger partial charge in [0, 0.05) is 17.4 Å². The van der Waals surface area contributed by atoms with Gasteiger partial charge in [-0.15, -0.1) is 0 Å². The molecule has 2 saturated heterocycles. The van der Waals surface area contributed by atoms with Crippen molar-refractivity contribution in [1.82, 2.24) is 10.6 Å². The summed E-state index contributed by atoms with van der Waals surface area (Å²) in [7, 11) is 0. The maximum atomic E-state index is 13.5. The summed E-state index contributed by atoms with van der Waals surface area (Å²) >= 11 is 1.69. The number of benzene rings is 1. The first-order valence-electron chi connectivity index (χ1n) is 8.20. The summed E-state index contributed by atoms with van der Waals surface area (Å²) in [4.78, 5) is 23.0. The van der Waals surface area contributed by atoms with Crippen LogP contribution in [0.3, 0.4) is 0 Å². The van der Waals surface area contributed by atoms with Gasteiger partial charge in [0.15, 0.2) is 0 Å². The standard InChI is InChI=1S/C16H15F5N2O3S/c17-9-10(18)12(20)15(13(21)11(9)19)26-8(24)4-2-1-3-7-14-6(5-27-7)22-16(25)23-14/h6-7,14H,1-5H2,(H2,22,23,25)/t6-,7-,14-/m1/s1. The maximum absolute atomic E-state index is 13.5. The molecule has 148 valence electrons. The number of carbonyl (C=O) groups is 2. The van der Waals surface area contributed by atoms with Gasteiger partial charge in [0.1, 0.15) is 0 Å². The molecule has 5 nitrogen and oxygen atoms in total. The van der Waals surface area contributed by atoms with Gasteiger partial charge in [0.05, 0.1) is 12.1 Å². The van der Waals surface area contributed by atoms with Crippen molar-refractivity contribution in [3.8, 4) is 5.75 Å². The monoisotopic (exact) mass is 410 g/mol. The van der Waals surface area contributed by atoms with Crippen LogP contribution < -0.4 is 15.4 Å². The number of urea groups is 1. The molecular formula is C16H15F5N2O3S. The third-order valence-electron chi connectivity index (χ3n) is 4.44. The molecule has 2 aliphatic heterocycles. The first kappa shape index (κ1) is 19.7. The molecule has 1 aromatic rings. The van der Waals surface area contributed by atoms with Crippen molar-refractivity contribution in [3.05, 3.63) is 29.1 Å². The topological polar surface area (TPSA) is 67.4 Å². The van der Waals surface area contributed by atoms with Crippen LogP contribution in [0, 0.1) is 29.1 Å². The molecule has 2 N–H and O–H groups in total. The lowest BCUT2D eigenvalue weighted by Gasteiger charge is -2.16. The summed E-state index contributed by atoms with van der Waals surface area (Å²) < 4.78 is 70.4. The molecule has 0 aliphatic carbocycles. The number of halogens is 5. The number of hydrogen-bond acceptors (Lipinski definition) is 4. The van der Waals surface area contributed by atoms with Gasteiger partial charge in [-0.3, -0.25) is 4.79 Å². The number of amides is 2. The Morgan fingerprint density at radius 2 is 1.63 bits per heavy atom. The van der Waals surface area contributed by atoms with Crippen LogP contribution in [0.25, 0.3) is 0 Å². The van der Waals surface area contributed by atoms with E-state index in [1.54, 1.807) is 11.8 Å². The number of carbonyl (C=O) groups excluding carboxylic acids is 2. The minimum Gasteiger partial charge on any atom is -0.420 e. The molecular weight excluding hydrogens is 395 g/mol. The molecule has 2 heterocycles. The van der Waals surface area contributed by atoms with Crippen LogP contribution in [0.5, 0.6) is 5.75 Å². The van der Waals surface area contributed by atoms with Crippen LogP contribution in [0.15, 0.2) is 0 Å². The summed E-state index contributed by atoms with van der Waals surface area (Å²) in [6.45, 7) is 0. The predicted molar refractivity (Wildman–Crippen MR) is 85.8 cm³/mol. The number of hydrogen-bond donors (Lipinski definition) is 2. The van der Waals surface area contributed by atoms with E-state index in [4.69, 9.17) is 0 Å². The normalized spacial score (nSPS) is 23.7. The van der Waals surface area contributed by atoms with E-state index in [-0.39, 0.29) is 29.8 Å². The highest BCUT2D eigenvalue weighted by Crippen LogP contribution is 2.33. The Morgan fingerprint density at radius 3 is 2.30 bits per heavy atom. The van der Waals surface area contributed by atoms with Gasteiger partial charge < -0.3 is 15.4 Å². The highest BCUT2D eigenvalue weighted by atomic mass is 32.2. The molecule has 2 amide bonds. The second-order valence-corrected chi connectivity index (χ2v) is 7.51. The lowest BCUT2D eigenvalue weighted by Crippen LogP contribution is -2.36. The van der Waals surface area contributed by atoms with Crippen molar-refractivity contribution in [2.75, 3.05) is 5.75 Å². The van der Waals surface area contributed by atoms with E-state index >= 15 is 0 Å². The summed E-state index contributed by atoms with van der Waals surface area (Å²) in [6, 6.07) is -0.115. The van der Waals surface area contributed by atoms with Gasteiger partial charge in [-0.25, -0.2) is 18.0 Å². The van der Waals surface area contributed by atoms with E-state index in [1.807, 2.05) is 0 Å². The highest BCUT2D eigenvalue weighted by Gasteiger charge is 2.42. The fourth-order valence-electron chi connectivity index (χ4n) is 3.10. The van der Waals surface area contributed by atoms with Gasteiger partial charge in [-0.1, -0.05) is 6.42 Å². The lowest BCUT2D eigenvalue weighted by molar-refractivity contribution is -0.135. The van der Waals surface area contributed by atoms with Gasteiger partial charge in [-0.2, -0.15) is 20.5 Å². The van der Waals surface area contributed by atoms with E-state index in [2.05, 4.69) is 15.4 Å². The predicted octanol–water partition coefficient (Wildman–Crippen LogP) is 3.01. The minimum absolute atomic E-state index is 0.0165. The number of nitrogens with one attached hydrogen (secondary N) is 2. The zero-order valence-corrected chi connectivity index (χ0v) is 14.6. The second kappa shape index (κ2) is 7.91. The van der Waals surface area contributed by atoms with Crippen molar-refractivity contribution in [2.24, 2.45) is 0 Å². The molecule has 3 atom stereocenters. The molecule has 0 saturated carbocycles. The van der Waals surface area contributed by atoms with E-state index in [9.17, 15) is 31.5 Å². The van der Waals surface area contributed by atoms with Crippen molar-refractivity contribution < 1.29 is 36.3 Å². The van der Waals surface area contributed by atoms with Crippen LogP contribution in [0.2, 0.25) is 0 Å². The van der Waals surface area contributed by atoms with E-state index in [1.165, 1.54) is 0 Å². The fraction of sp³-hybridized carbons (Fsp3) is 0.500. The van der Waals surface area contributed by atoms with Crippen molar-refractivity contribution in [2.45, 2.75) is 43.0 Å². The van der Waals surface area contributed by atoms with E-state index in [0.29, 0.717) is 19.3 Å². The molecule has 2 aliphatic rings. The fourth-order valence-corrected chi connectivity index (χ4v) is 4.64.